The summed E-state index contributed by atoms with van der Waals surface area (Å²) in [5.74, 6) is 0.0188. The lowest BCUT2D eigenvalue weighted by atomic mass is 9.83. The fraction of sp³-hybridized carbons (Fsp3) is 0.565. The molecule has 1 aromatic heterocycles. The number of nitrogens with two attached hydrogens (primary N) is 1. The first-order valence-electron chi connectivity index (χ1n) is 10.6. The Kier molecular flexibility index (Phi) is 6.13. The Morgan fingerprint density at radius 3 is 2.73 bits per heavy atom. The molecule has 1 aromatic carbocycles. The van der Waals surface area contributed by atoms with Crippen LogP contribution in [0.2, 0.25) is 0 Å². The second kappa shape index (κ2) is 8.30. The van der Waals surface area contributed by atoms with Crippen LogP contribution in [0, 0.1) is 0 Å². The first kappa shape index (κ1) is 22.2. The van der Waals surface area contributed by atoms with E-state index in [1.165, 1.54) is 5.56 Å². The molecule has 164 valence electrons. The summed E-state index contributed by atoms with van der Waals surface area (Å²) in [7, 11) is 0. The highest BCUT2D eigenvalue weighted by molar-refractivity contribution is 5.99. The molecule has 7 nitrogen and oxygen atoms in total. The number of rotatable bonds is 6. The van der Waals surface area contributed by atoms with Gasteiger partial charge >= 0.3 is 5.97 Å². The van der Waals surface area contributed by atoms with Gasteiger partial charge in [-0.25, -0.2) is 4.79 Å². The lowest BCUT2D eigenvalue weighted by molar-refractivity contribution is -0.0592. The highest BCUT2D eigenvalue weighted by Gasteiger charge is 2.36. The minimum atomic E-state index is -0.874. The van der Waals surface area contributed by atoms with E-state index >= 15 is 0 Å². The zero-order valence-corrected chi connectivity index (χ0v) is 18.6. The fourth-order valence-corrected chi connectivity index (χ4v) is 4.45. The standard InChI is InChI=1S/C23H33N3O4/c1-6-23(5,21(24)25-28)26-18-9-8-15(16-10-11-30-22(3,4)14-16)12-17(18)13-19(26)20(27)29-7-2/h8-9,12-13,16,28H,6-7,10-11,14H2,1-5H3,(H2,24,25). The van der Waals surface area contributed by atoms with Crippen LogP contribution in [-0.2, 0) is 15.0 Å². The van der Waals surface area contributed by atoms with Crippen molar-refractivity contribution in [3.63, 3.8) is 0 Å². The van der Waals surface area contributed by atoms with Gasteiger partial charge in [0.15, 0.2) is 5.84 Å². The minimum absolute atomic E-state index is 0.0447. The van der Waals surface area contributed by atoms with Crippen molar-refractivity contribution in [3.8, 4) is 0 Å². The largest absolute Gasteiger partial charge is 0.461 e. The van der Waals surface area contributed by atoms with Crippen LogP contribution >= 0.6 is 0 Å². The van der Waals surface area contributed by atoms with Crippen LogP contribution in [0.3, 0.4) is 0 Å². The van der Waals surface area contributed by atoms with Crippen LogP contribution < -0.4 is 5.73 Å². The van der Waals surface area contributed by atoms with Crippen molar-refractivity contribution in [2.75, 3.05) is 13.2 Å². The van der Waals surface area contributed by atoms with Crippen LogP contribution in [-0.4, -0.2) is 40.4 Å². The molecule has 0 spiro atoms. The van der Waals surface area contributed by atoms with Gasteiger partial charge < -0.3 is 25.0 Å². The second-order valence-corrected chi connectivity index (χ2v) is 8.81. The monoisotopic (exact) mass is 415 g/mol. The van der Waals surface area contributed by atoms with E-state index in [2.05, 4.69) is 31.1 Å². The van der Waals surface area contributed by atoms with E-state index in [1.807, 2.05) is 30.5 Å². The van der Waals surface area contributed by atoms with E-state index in [4.69, 9.17) is 15.2 Å². The van der Waals surface area contributed by atoms with Gasteiger partial charge in [-0.1, -0.05) is 18.1 Å². The average Bonchev–Trinajstić information content (AvgIpc) is 3.11. The molecule has 3 rings (SSSR count). The molecule has 2 unspecified atom stereocenters. The predicted molar refractivity (Wildman–Crippen MR) is 117 cm³/mol. The summed E-state index contributed by atoms with van der Waals surface area (Å²) in [5.41, 5.74) is 7.53. The van der Waals surface area contributed by atoms with Gasteiger partial charge in [0.25, 0.3) is 0 Å². The van der Waals surface area contributed by atoms with Gasteiger partial charge in [0, 0.05) is 17.5 Å². The van der Waals surface area contributed by atoms with Crippen molar-refractivity contribution in [2.45, 2.75) is 70.9 Å². The summed E-state index contributed by atoms with van der Waals surface area (Å²) >= 11 is 0. The van der Waals surface area contributed by atoms with Gasteiger partial charge in [-0.2, -0.15) is 0 Å². The molecule has 1 aliphatic heterocycles. The molecule has 30 heavy (non-hydrogen) atoms. The molecule has 0 radical (unpaired) electrons. The number of oxime groups is 1. The Bertz CT molecular complexity index is 963. The van der Waals surface area contributed by atoms with E-state index in [9.17, 15) is 10.0 Å². The molecular weight excluding hydrogens is 382 g/mol. The zero-order chi connectivity index (χ0) is 22.1. The molecule has 2 aromatic rings. The summed E-state index contributed by atoms with van der Waals surface area (Å²) in [4.78, 5) is 12.8. The summed E-state index contributed by atoms with van der Waals surface area (Å²) in [5, 5.41) is 13.6. The highest BCUT2D eigenvalue weighted by atomic mass is 16.5. The van der Waals surface area contributed by atoms with Gasteiger partial charge in [0.05, 0.1) is 12.2 Å². The number of nitrogens with zero attached hydrogens (tertiary/aromatic N) is 2. The van der Waals surface area contributed by atoms with Crippen LogP contribution in [0.5, 0.6) is 0 Å². The Balaban J connectivity index is 2.17. The van der Waals surface area contributed by atoms with Crippen molar-refractivity contribution in [3.05, 3.63) is 35.5 Å². The highest BCUT2D eigenvalue weighted by Crippen LogP contribution is 2.38. The number of carbonyl (C=O) groups is 1. The number of fused-ring (bicyclic) bond motifs is 1. The topological polar surface area (TPSA) is 99.1 Å². The SMILES string of the molecule is CCOC(=O)c1cc2cc(C3CCOC(C)(C)C3)ccc2n1C(C)(CC)C(N)=NO. The maximum absolute atomic E-state index is 12.8. The van der Waals surface area contributed by atoms with Crippen molar-refractivity contribution < 1.29 is 19.5 Å². The van der Waals surface area contributed by atoms with Gasteiger partial charge in [0.2, 0.25) is 0 Å². The van der Waals surface area contributed by atoms with Crippen molar-refractivity contribution in [2.24, 2.45) is 10.9 Å². The van der Waals surface area contributed by atoms with Crippen LogP contribution in [0.15, 0.2) is 29.4 Å². The molecule has 1 aliphatic rings. The van der Waals surface area contributed by atoms with Crippen molar-refractivity contribution in [1.29, 1.82) is 0 Å². The summed E-state index contributed by atoms with van der Waals surface area (Å²) in [6.45, 7) is 10.8. The van der Waals surface area contributed by atoms with Gasteiger partial charge in [0.1, 0.15) is 11.2 Å². The smallest absolute Gasteiger partial charge is 0.355 e. The molecule has 3 N–H and O–H groups in total. The molecule has 0 bridgehead atoms. The van der Waals surface area contributed by atoms with Crippen LogP contribution in [0.25, 0.3) is 10.9 Å². The first-order valence-corrected chi connectivity index (χ1v) is 10.6. The number of carbonyl (C=O) groups excluding carboxylic acids is 1. The number of aromatic nitrogens is 1. The van der Waals surface area contributed by atoms with E-state index in [0.717, 1.165) is 30.4 Å². The minimum Gasteiger partial charge on any atom is -0.461 e. The Hall–Kier alpha value is -2.54. The van der Waals surface area contributed by atoms with E-state index in [-0.39, 0.29) is 18.0 Å². The summed E-state index contributed by atoms with van der Waals surface area (Å²) < 4.78 is 13.0. The Morgan fingerprint density at radius 2 is 2.13 bits per heavy atom. The third-order valence-corrected chi connectivity index (χ3v) is 6.32. The number of benzene rings is 1. The quantitative estimate of drug-likeness (QED) is 0.240. The van der Waals surface area contributed by atoms with Crippen molar-refractivity contribution >= 4 is 22.7 Å². The molecule has 2 atom stereocenters. The molecule has 7 heteroatoms. The molecule has 0 aliphatic carbocycles. The Labute approximate surface area is 177 Å². The van der Waals surface area contributed by atoms with Gasteiger partial charge in [-0.05, 0) is 76.6 Å². The molecule has 1 saturated heterocycles. The summed E-state index contributed by atoms with van der Waals surface area (Å²) in [6.07, 6.45) is 2.45. The normalized spacial score (nSPS) is 21.4. The van der Waals surface area contributed by atoms with Gasteiger partial charge in [-0.3, -0.25) is 0 Å². The molecule has 0 amide bonds. The maximum atomic E-state index is 12.8. The van der Waals surface area contributed by atoms with E-state index in [0.29, 0.717) is 18.0 Å². The van der Waals surface area contributed by atoms with Gasteiger partial charge in [-0.15, -0.1) is 0 Å². The van der Waals surface area contributed by atoms with Crippen LogP contribution in [0.1, 0.15) is 75.9 Å². The third-order valence-electron chi connectivity index (χ3n) is 6.32. The second-order valence-electron chi connectivity index (χ2n) is 8.81. The zero-order valence-electron chi connectivity index (χ0n) is 18.6. The maximum Gasteiger partial charge on any atom is 0.355 e. The van der Waals surface area contributed by atoms with E-state index < -0.39 is 11.5 Å². The average molecular weight is 416 g/mol. The van der Waals surface area contributed by atoms with Crippen LogP contribution in [0.4, 0.5) is 0 Å². The molecule has 0 saturated carbocycles. The van der Waals surface area contributed by atoms with Crippen molar-refractivity contribution in [1.82, 2.24) is 4.57 Å². The lowest BCUT2D eigenvalue weighted by Crippen LogP contribution is -2.44. The first-order chi connectivity index (χ1) is 14.2. The number of ether oxygens (including phenoxy) is 2. The fourth-order valence-electron chi connectivity index (χ4n) is 4.45. The molecular formula is C23H33N3O4. The molecule has 1 fully saturated rings. The Morgan fingerprint density at radius 1 is 1.40 bits per heavy atom. The number of hydrogen-bond donors (Lipinski definition) is 2. The molecule has 2 heterocycles. The number of esters is 1. The number of amidine groups is 1. The third kappa shape index (κ3) is 3.90. The summed E-state index contributed by atoms with van der Waals surface area (Å²) in [6, 6.07) is 8.12. The number of hydrogen-bond acceptors (Lipinski definition) is 5. The predicted octanol–water partition coefficient (Wildman–Crippen LogP) is 4.36. The van der Waals surface area contributed by atoms with E-state index in [1.54, 1.807) is 6.92 Å². The lowest BCUT2D eigenvalue weighted by Gasteiger charge is -2.36.